The highest BCUT2D eigenvalue weighted by Crippen LogP contribution is 2.23. The standard InChI is InChI=1S/C25H24N4O5/c1-3-34-25(32)29-22(26)17-7-6-8-18(15-17)24(31)28-21-10-5-4-9-20(21)27-23(30)16-11-13-19(33-2)14-12-16/h4-15H,3H2,1-2H3,(H,27,30)(H,28,31)(H2,26,29,32). The average Bonchev–Trinajstić information content (AvgIpc) is 2.85. The third-order valence-electron chi connectivity index (χ3n) is 4.68. The Morgan fingerprint density at radius 2 is 1.41 bits per heavy atom. The summed E-state index contributed by atoms with van der Waals surface area (Å²) in [6.07, 6.45) is -0.809. The number of nitrogens with one attached hydrogen (secondary N) is 2. The summed E-state index contributed by atoms with van der Waals surface area (Å²) < 4.78 is 9.86. The van der Waals surface area contributed by atoms with Crippen LogP contribution in [0.2, 0.25) is 0 Å². The first kappa shape index (κ1) is 24.0. The zero-order chi connectivity index (χ0) is 24.5. The molecule has 3 aromatic rings. The van der Waals surface area contributed by atoms with Gasteiger partial charge in [-0.05, 0) is 55.5 Å². The van der Waals surface area contributed by atoms with E-state index in [1.165, 1.54) is 6.07 Å². The van der Waals surface area contributed by atoms with Gasteiger partial charge < -0.3 is 25.8 Å². The van der Waals surface area contributed by atoms with Gasteiger partial charge in [0.15, 0.2) is 0 Å². The fourth-order valence-corrected chi connectivity index (χ4v) is 2.97. The first-order chi connectivity index (χ1) is 16.4. The number of aliphatic imine (C=N–C) groups is 1. The summed E-state index contributed by atoms with van der Waals surface area (Å²) in [7, 11) is 1.55. The van der Waals surface area contributed by atoms with E-state index < -0.39 is 12.0 Å². The highest BCUT2D eigenvalue weighted by molar-refractivity contribution is 6.11. The molecule has 174 valence electrons. The SMILES string of the molecule is CCOC(=O)/N=C(\N)c1cccc(C(=O)Nc2ccccc2NC(=O)c2ccc(OC)cc2)c1. The van der Waals surface area contributed by atoms with Crippen LogP contribution in [-0.2, 0) is 4.74 Å². The lowest BCUT2D eigenvalue weighted by atomic mass is 10.1. The molecule has 0 unspecified atom stereocenters. The molecule has 0 atom stereocenters. The number of hydrogen-bond acceptors (Lipinski definition) is 5. The van der Waals surface area contributed by atoms with Crippen LogP contribution in [0.25, 0.3) is 0 Å². The van der Waals surface area contributed by atoms with Crippen molar-refractivity contribution < 1.29 is 23.9 Å². The lowest BCUT2D eigenvalue weighted by Gasteiger charge is -2.13. The number of anilines is 2. The van der Waals surface area contributed by atoms with Gasteiger partial charge >= 0.3 is 6.09 Å². The monoisotopic (exact) mass is 460 g/mol. The Bertz CT molecular complexity index is 1220. The van der Waals surface area contributed by atoms with Gasteiger partial charge in [-0.15, -0.1) is 0 Å². The van der Waals surface area contributed by atoms with E-state index in [0.29, 0.717) is 28.3 Å². The highest BCUT2D eigenvalue weighted by atomic mass is 16.5. The third kappa shape index (κ3) is 6.19. The van der Waals surface area contributed by atoms with Crippen molar-refractivity contribution >= 4 is 35.1 Å². The van der Waals surface area contributed by atoms with Gasteiger partial charge in [0, 0.05) is 16.7 Å². The maximum Gasteiger partial charge on any atom is 0.435 e. The maximum absolute atomic E-state index is 12.9. The minimum Gasteiger partial charge on any atom is -0.497 e. The van der Waals surface area contributed by atoms with Gasteiger partial charge in [0.05, 0.1) is 25.1 Å². The van der Waals surface area contributed by atoms with E-state index in [2.05, 4.69) is 15.6 Å². The van der Waals surface area contributed by atoms with Gasteiger partial charge in [0.2, 0.25) is 0 Å². The van der Waals surface area contributed by atoms with Crippen LogP contribution in [0.15, 0.2) is 77.8 Å². The van der Waals surface area contributed by atoms with Crippen LogP contribution in [0.5, 0.6) is 5.75 Å². The highest BCUT2D eigenvalue weighted by Gasteiger charge is 2.14. The van der Waals surface area contributed by atoms with Crippen molar-refractivity contribution in [3.8, 4) is 5.75 Å². The van der Waals surface area contributed by atoms with Gasteiger partial charge in [0.1, 0.15) is 11.6 Å². The van der Waals surface area contributed by atoms with Crippen LogP contribution in [0.4, 0.5) is 16.2 Å². The van der Waals surface area contributed by atoms with E-state index in [1.54, 1.807) is 80.8 Å². The zero-order valence-corrected chi connectivity index (χ0v) is 18.7. The maximum atomic E-state index is 12.9. The molecule has 34 heavy (non-hydrogen) atoms. The third-order valence-corrected chi connectivity index (χ3v) is 4.68. The van der Waals surface area contributed by atoms with Gasteiger partial charge in [-0.25, -0.2) is 4.79 Å². The van der Waals surface area contributed by atoms with Gasteiger partial charge in [-0.1, -0.05) is 24.3 Å². The van der Waals surface area contributed by atoms with Crippen molar-refractivity contribution in [1.82, 2.24) is 0 Å². The number of ether oxygens (including phenoxy) is 2. The van der Waals surface area contributed by atoms with E-state index in [0.717, 1.165) is 0 Å². The fraction of sp³-hybridized carbons (Fsp3) is 0.120. The minimum atomic E-state index is -0.809. The molecule has 0 saturated carbocycles. The van der Waals surface area contributed by atoms with Gasteiger partial charge in [-0.2, -0.15) is 4.99 Å². The van der Waals surface area contributed by atoms with Crippen molar-refractivity contribution in [2.75, 3.05) is 24.4 Å². The fourth-order valence-electron chi connectivity index (χ4n) is 2.97. The van der Waals surface area contributed by atoms with E-state index in [9.17, 15) is 14.4 Å². The van der Waals surface area contributed by atoms with E-state index in [4.69, 9.17) is 15.2 Å². The van der Waals surface area contributed by atoms with E-state index >= 15 is 0 Å². The number of carbonyl (C=O) groups is 3. The summed E-state index contributed by atoms with van der Waals surface area (Å²) in [4.78, 5) is 40.7. The normalized spacial score (nSPS) is 10.8. The van der Waals surface area contributed by atoms with Crippen LogP contribution in [0.3, 0.4) is 0 Å². The second-order valence-corrected chi connectivity index (χ2v) is 6.96. The van der Waals surface area contributed by atoms with Crippen molar-refractivity contribution in [1.29, 1.82) is 0 Å². The number of nitrogens with zero attached hydrogens (tertiary/aromatic N) is 1. The second-order valence-electron chi connectivity index (χ2n) is 6.96. The minimum absolute atomic E-state index is 0.0692. The van der Waals surface area contributed by atoms with Crippen LogP contribution in [-0.4, -0.2) is 37.5 Å². The Balaban J connectivity index is 1.76. The quantitative estimate of drug-likeness (QED) is 0.360. The number of para-hydroxylation sites is 2. The molecule has 0 spiro atoms. The number of carbonyl (C=O) groups excluding carboxylic acids is 3. The largest absolute Gasteiger partial charge is 0.497 e. The van der Waals surface area contributed by atoms with E-state index in [1.807, 2.05) is 0 Å². The zero-order valence-electron chi connectivity index (χ0n) is 18.7. The number of amidine groups is 1. The molecule has 3 rings (SSSR count). The molecule has 9 nitrogen and oxygen atoms in total. The molecule has 0 aliphatic rings. The van der Waals surface area contributed by atoms with Crippen molar-refractivity contribution in [2.24, 2.45) is 10.7 Å². The summed E-state index contributed by atoms with van der Waals surface area (Å²) in [6.45, 7) is 1.83. The summed E-state index contributed by atoms with van der Waals surface area (Å²) in [5.41, 5.74) is 7.81. The van der Waals surface area contributed by atoms with Crippen molar-refractivity contribution in [3.05, 3.63) is 89.5 Å². The first-order valence-electron chi connectivity index (χ1n) is 10.4. The Morgan fingerprint density at radius 1 is 0.824 bits per heavy atom. The molecule has 0 fully saturated rings. The number of rotatable bonds is 7. The molecule has 0 heterocycles. The molecule has 0 aliphatic heterocycles. The summed E-state index contributed by atoms with van der Waals surface area (Å²) in [6, 6.07) is 19.8. The van der Waals surface area contributed by atoms with E-state index in [-0.39, 0.29) is 23.9 Å². The molecule has 9 heteroatoms. The molecule has 0 saturated heterocycles. The lowest BCUT2D eigenvalue weighted by Crippen LogP contribution is -2.19. The second kappa shape index (κ2) is 11.3. The predicted molar refractivity (Wildman–Crippen MR) is 130 cm³/mol. The Hall–Kier alpha value is -4.66. The number of nitrogens with two attached hydrogens (primary N) is 1. The average molecular weight is 460 g/mol. The number of amides is 3. The van der Waals surface area contributed by atoms with Crippen LogP contribution in [0.1, 0.15) is 33.2 Å². The van der Waals surface area contributed by atoms with Gasteiger partial charge in [0.25, 0.3) is 11.8 Å². The van der Waals surface area contributed by atoms with Crippen LogP contribution >= 0.6 is 0 Å². The molecule has 3 amide bonds. The van der Waals surface area contributed by atoms with Gasteiger partial charge in [-0.3, -0.25) is 9.59 Å². The Kier molecular flexibility index (Phi) is 7.96. The molecule has 0 bridgehead atoms. The molecular weight excluding hydrogens is 436 g/mol. The number of methoxy groups -OCH3 is 1. The molecule has 0 aromatic heterocycles. The molecular formula is C25H24N4O5. The molecule has 0 aliphatic carbocycles. The summed E-state index contributed by atoms with van der Waals surface area (Å²) >= 11 is 0. The molecule has 3 aromatic carbocycles. The van der Waals surface area contributed by atoms with Crippen LogP contribution in [0, 0.1) is 0 Å². The smallest absolute Gasteiger partial charge is 0.435 e. The first-order valence-corrected chi connectivity index (χ1v) is 10.4. The lowest BCUT2D eigenvalue weighted by molar-refractivity contribution is 0.101. The molecule has 4 N–H and O–H groups in total. The van der Waals surface area contributed by atoms with Crippen molar-refractivity contribution in [2.45, 2.75) is 6.92 Å². The Morgan fingerprint density at radius 3 is 2.00 bits per heavy atom. The predicted octanol–water partition coefficient (Wildman–Crippen LogP) is 4.06. The number of benzene rings is 3. The van der Waals surface area contributed by atoms with Crippen LogP contribution < -0.4 is 21.1 Å². The van der Waals surface area contributed by atoms with Crippen molar-refractivity contribution in [3.63, 3.8) is 0 Å². The molecule has 0 radical (unpaired) electrons. The topological polar surface area (TPSA) is 132 Å². The summed E-state index contributed by atoms with van der Waals surface area (Å²) in [5.74, 6) is -0.203. The summed E-state index contributed by atoms with van der Waals surface area (Å²) in [5, 5.41) is 5.58. The number of hydrogen-bond donors (Lipinski definition) is 3. The Labute approximate surface area is 196 Å².